The fourth-order valence-corrected chi connectivity index (χ4v) is 3.81. The largest absolute Gasteiger partial charge is 0.497 e. The number of halogens is 1. The maximum atomic E-state index is 12.4. The highest BCUT2D eigenvalue weighted by Gasteiger charge is 2.16. The number of benzene rings is 2. The third kappa shape index (κ3) is 7.33. The number of aryl methyl sites for hydroxylation is 1. The molecule has 1 saturated heterocycles. The molecular weight excluding hydrogens is 366 g/mol. The third-order valence-electron chi connectivity index (χ3n) is 5.49. The van der Waals surface area contributed by atoms with E-state index < -0.39 is 6.67 Å². The first-order valence-electron chi connectivity index (χ1n) is 10.6. The van der Waals surface area contributed by atoms with Crippen molar-refractivity contribution in [2.45, 2.75) is 19.3 Å². The fraction of sp³-hybridized carbons (Fsp3) is 0.500. The molecule has 2 aromatic rings. The Hall–Kier alpha value is -2.11. The Bertz CT molecular complexity index is 718. The average molecular weight is 400 g/mol. The summed E-state index contributed by atoms with van der Waals surface area (Å²) >= 11 is 0. The van der Waals surface area contributed by atoms with E-state index in [1.165, 1.54) is 24.1 Å². The van der Waals surface area contributed by atoms with Gasteiger partial charge in [-0.1, -0.05) is 30.3 Å². The van der Waals surface area contributed by atoms with Gasteiger partial charge >= 0.3 is 0 Å². The van der Waals surface area contributed by atoms with Crippen LogP contribution in [0, 0.1) is 0 Å². The summed E-state index contributed by atoms with van der Waals surface area (Å²) in [4.78, 5) is 5.10. The Morgan fingerprint density at radius 3 is 2.21 bits per heavy atom. The van der Waals surface area contributed by atoms with Gasteiger partial charge in [-0.25, -0.2) is 4.39 Å². The molecule has 3 rings (SSSR count). The monoisotopic (exact) mass is 399 g/mol. The molecule has 1 fully saturated rings. The van der Waals surface area contributed by atoms with E-state index >= 15 is 0 Å². The van der Waals surface area contributed by atoms with E-state index in [2.05, 4.69) is 40.1 Å². The Morgan fingerprint density at radius 1 is 0.828 bits per heavy atom. The van der Waals surface area contributed by atoms with E-state index in [-0.39, 0.29) is 6.61 Å². The van der Waals surface area contributed by atoms with Crippen LogP contribution in [0.5, 0.6) is 11.5 Å². The van der Waals surface area contributed by atoms with Gasteiger partial charge in [-0.3, -0.25) is 0 Å². The van der Waals surface area contributed by atoms with Crippen LogP contribution >= 0.6 is 0 Å². The second kappa shape index (κ2) is 11.8. The highest BCUT2D eigenvalue weighted by atomic mass is 18.2. The SMILES string of the molecule is COc1cc(CCN2CCN(CCCc3ccccc3)CC2)cc(OCC[18F])c1. The van der Waals surface area contributed by atoms with Gasteiger partial charge in [0, 0.05) is 38.8 Å². The molecule has 29 heavy (non-hydrogen) atoms. The summed E-state index contributed by atoms with van der Waals surface area (Å²) in [5.74, 6) is 1.44. The Kier molecular flexibility index (Phi) is 8.78. The van der Waals surface area contributed by atoms with Gasteiger partial charge in [-0.15, -0.1) is 0 Å². The molecule has 0 N–H and O–H groups in total. The van der Waals surface area contributed by atoms with E-state index in [0.717, 1.165) is 51.3 Å². The smallest absolute Gasteiger partial charge is 0.123 e. The zero-order valence-corrected chi connectivity index (χ0v) is 17.5. The van der Waals surface area contributed by atoms with Gasteiger partial charge in [-0.05, 0) is 49.1 Å². The highest BCUT2D eigenvalue weighted by Crippen LogP contribution is 2.23. The van der Waals surface area contributed by atoms with Gasteiger partial charge in [0.05, 0.1) is 7.11 Å². The third-order valence-corrected chi connectivity index (χ3v) is 5.49. The quantitative estimate of drug-likeness (QED) is 0.573. The zero-order valence-electron chi connectivity index (χ0n) is 17.5. The molecule has 2 aromatic carbocycles. The lowest BCUT2D eigenvalue weighted by Crippen LogP contribution is -2.47. The molecule has 1 aliphatic heterocycles. The van der Waals surface area contributed by atoms with Crippen LogP contribution in [0.2, 0.25) is 0 Å². The van der Waals surface area contributed by atoms with E-state index in [9.17, 15) is 4.39 Å². The number of nitrogens with zero attached hydrogens (tertiary/aromatic N) is 2. The molecule has 0 unspecified atom stereocenters. The fourth-order valence-electron chi connectivity index (χ4n) is 3.81. The number of hydrogen-bond donors (Lipinski definition) is 0. The summed E-state index contributed by atoms with van der Waals surface area (Å²) in [6.07, 6.45) is 3.32. The molecule has 1 aliphatic rings. The van der Waals surface area contributed by atoms with E-state index in [1.807, 2.05) is 18.2 Å². The van der Waals surface area contributed by atoms with Crippen molar-refractivity contribution in [1.29, 1.82) is 0 Å². The Balaban J connectivity index is 1.38. The van der Waals surface area contributed by atoms with Gasteiger partial charge in [-0.2, -0.15) is 0 Å². The molecule has 0 amide bonds. The Morgan fingerprint density at radius 2 is 1.52 bits per heavy atom. The summed E-state index contributed by atoms with van der Waals surface area (Å²) in [7, 11) is 1.65. The van der Waals surface area contributed by atoms with Crippen LogP contribution < -0.4 is 9.47 Å². The minimum atomic E-state index is -0.484. The predicted octanol–water partition coefficient (Wildman–Crippen LogP) is 3.84. The molecule has 0 atom stereocenters. The molecule has 158 valence electrons. The summed E-state index contributed by atoms with van der Waals surface area (Å²) in [6, 6.07) is 16.6. The van der Waals surface area contributed by atoms with Crippen LogP contribution in [0.1, 0.15) is 17.5 Å². The van der Waals surface area contributed by atoms with Crippen molar-refractivity contribution in [3.8, 4) is 11.5 Å². The second-order valence-corrected chi connectivity index (χ2v) is 7.58. The molecular formula is C24H33FN2O2. The number of hydrogen-bond acceptors (Lipinski definition) is 4. The van der Waals surface area contributed by atoms with Gasteiger partial charge < -0.3 is 19.3 Å². The molecule has 0 spiro atoms. The zero-order chi connectivity index (χ0) is 20.3. The minimum absolute atomic E-state index is 0.0822. The number of rotatable bonds is 11. The minimum Gasteiger partial charge on any atom is -0.497 e. The maximum absolute atomic E-state index is 12.4. The van der Waals surface area contributed by atoms with Crippen molar-refractivity contribution >= 4 is 0 Å². The molecule has 1 heterocycles. The molecule has 0 radical (unpaired) electrons. The van der Waals surface area contributed by atoms with E-state index in [1.54, 1.807) is 7.11 Å². The second-order valence-electron chi connectivity index (χ2n) is 7.58. The van der Waals surface area contributed by atoms with Crippen molar-refractivity contribution in [2.24, 2.45) is 0 Å². The number of alkyl halides is 1. The van der Waals surface area contributed by atoms with Gasteiger partial charge in [0.1, 0.15) is 24.8 Å². The topological polar surface area (TPSA) is 24.9 Å². The summed E-state index contributed by atoms with van der Waals surface area (Å²) in [5.41, 5.74) is 2.60. The lowest BCUT2D eigenvalue weighted by atomic mass is 10.1. The van der Waals surface area contributed by atoms with Crippen LogP contribution in [0.25, 0.3) is 0 Å². The molecule has 0 bridgehead atoms. The van der Waals surface area contributed by atoms with Crippen molar-refractivity contribution < 1.29 is 13.9 Å². The predicted molar refractivity (Wildman–Crippen MR) is 116 cm³/mol. The van der Waals surface area contributed by atoms with Gasteiger partial charge in [0.25, 0.3) is 0 Å². The maximum Gasteiger partial charge on any atom is 0.123 e. The van der Waals surface area contributed by atoms with E-state index in [0.29, 0.717) is 5.75 Å². The lowest BCUT2D eigenvalue weighted by Gasteiger charge is -2.34. The first kappa shape index (κ1) is 21.6. The van der Waals surface area contributed by atoms with Gasteiger partial charge in [0.15, 0.2) is 0 Å². The summed E-state index contributed by atoms with van der Waals surface area (Å²) < 4.78 is 23.2. The standard InChI is InChI=1S/C24H33FN2O2/c1-28-23-18-22(19-24(20-23)29-17-10-25)9-12-27-15-13-26(14-16-27)11-5-8-21-6-3-2-4-7-21/h2-4,6-7,18-20H,5,8-17H2,1H3/i25-1. The first-order valence-corrected chi connectivity index (χ1v) is 10.6. The Labute approximate surface area is 174 Å². The summed E-state index contributed by atoms with van der Waals surface area (Å²) in [6.45, 7) is 6.29. The number of ether oxygens (including phenoxy) is 2. The molecule has 0 saturated carbocycles. The first-order chi connectivity index (χ1) is 14.3. The van der Waals surface area contributed by atoms with Crippen molar-refractivity contribution in [2.75, 3.05) is 59.7 Å². The van der Waals surface area contributed by atoms with Crippen molar-refractivity contribution in [3.63, 3.8) is 0 Å². The highest BCUT2D eigenvalue weighted by molar-refractivity contribution is 5.38. The van der Waals surface area contributed by atoms with Crippen molar-refractivity contribution in [1.82, 2.24) is 9.80 Å². The molecule has 0 aromatic heterocycles. The summed E-state index contributed by atoms with van der Waals surface area (Å²) in [5, 5.41) is 0. The molecule has 5 heteroatoms. The van der Waals surface area contributed by atoms with Gasteiger partial charge in [0.2, 0.25) is 0 Å². The molecule has 4 nitrogen and oxygen atoms in total. The number of methoxy groups -OCH3 is 1. The van der Waals surface area contributed by atoms with Crippen molar-refractivity contribution in [3.05, 3.63) is 59.7 Å². The normalized spacial score (nSPS) is 15.4. The van der Waals surface area contributed by atoms with Crippen LogP contribution in [0.15, 0.2) is 48.5 Å². The van der Waals surface area contributed by atoms with Crippen LogP contribution in [-0.4, -0.2) is 69.5 Å². The lowest BCUT2D eigenvalue weighted by molar-refractivity contribution is 0.132. The van der Waals surface area contributed by atoms with E-state index in [4.69, 9.17) is 9.47 Å². The average Bonchev–Trinajstić information content (AvgIpc) is 2.77. The van der Waals surface area contributed by atoms with Crippen LogP contribution in [-0.2, 0) is 12.8 Å². The molecule has 0 aliphatic carbocycles. The van der Waals surface area contributed by atoms with Crippen LogP contribution in [0.3, 0.4) is 0 Å². The number of piperazine rings is 1. The van der Waals surface area contributed by atoms with Crippen LogP contribution in [0.4, 0.5) is 4.39 Å².